The molecule has 3 amide bonds. The number of hydrogen-bond acceptors (Lipinski definition) is 9. The zero-order chi connectivity index (χ0) is 23.3. The van der Waals surface area contributed by atoms with Crippen molar-refractivity contribution in [2.24, 2.45) is 4.99 Å². The van der Waals surface area contributed by atoms with Gasteiger partial charge in [0.1, 0.15) is 18.0 Å². The summed E-state index contributed by atoms with van der Waals surface area (Å²) in [7, 11) is 5.92. The van der Waals surface area contributed by atoms with E-state index in [1.165, 1.54) is 12.0 Å². The number of guanidine groups is 1. The third-order valence-corrected chi connectivity index (χ3v) is 6.03. The molecule has 170 valence electrons. The van der Waals surface area contributed by atoms with Gasteiger partial charge in [-0.05, 0) is 26.0 Å². The molecule has 0 saturated carbocycles. The van der Waals surface area contributed by atoms with E-state index in [4.69, 9.17) is 14.5 Å². The van der Waals surface area contributed by atoms with Gasteiger partial charge >= 0.3 is 12.0 Å². The molecule has 2 atom stereocenters. The standard InChI is InChI=1S/C21H25N5O6/c1-11-12(2)26-17-18(23(3)21(29)24(19(17)28)10-16(27)32-6)22-20(26)25(11)14-9-13(30-4)7-8-15(14)31-5/h7-9,17-18H,10H2,1-6H3. The number of imide groups is 1. The van der Waals surface area contributed by atoms with Crippen molar-refractivity contribution in [3.05, 3.63) is 29.6 Å². The molecule has 3 aliphatic rings. The Balaban J connectivity index is 1.78. The van der Waals surface area contributed by atoms with Crippen molar-refractivity contribution in [2.75, 3.05) is 39.8 Å². The minimum Gasteiger partial charge on any atom is -0.497 e. The van der Waals surface area contributed by atoms with E-state index in [1.807, 2.05) is 24.8 Å². The van der Waals surface area contributed by atoms with E-state index in [1.54, 1.807) is 38.3 Å². The van der Waals surface area contributed by atoms with Gasteiger partial charge in [-0.3, -0.25) is 24.3 Å². The summed E-state index contributed by atoms with van der Waals surface area (Å²) in [6, 6.07) is 4.01. The molecule has 0 bridgehead atoms. The molecule has 32 heavy (non-hydrogen) atoms. The lowest BCUT2D eigenvalue weighted by molar-refractivity contribution is -0.148. The maximum Gasteiger partial charge on any atom is 0.328 e. The van der Waals surface area contributed by atoms with E-state index >= 15 is 0 Å². The van der Waals surface area contributed by atoms with E-state index in [0.29, 0.717) is 23.1 Å². The van der Waals surface area contributed by atoms with Crippen molar-refractivity contribution in [1.82, 2.24) is 14.7 Å². The number of esters is 1. The maximum absolute atomic E-state index is 13.3. The number of ether oxygens (including phenoxy) is 3. The van der Waals surface area contributed by atoms with Gasteiger partial charge in [-0.25, -0.2) is 9.79 Å². The first-order valence-electron chi connectivity index (χ1n) is 9.96. The second-order valence-electron chi connectivity index (χ2n) is 7.60. The molecule has 1 aromatic carbocycles. The molecule has 0 N–H and O–H groups in total. The number of nitrogens with zero attached hydrogens (tertiary/aromatic N) is 5. The average molecular weight is 443 g/mol. The molecule has 3 aliphatic heterocycles. The van der Waals surface area contributed by atoms with Crippen LogP contribution in [0.25, 0.3) is 0 Å². The van der Waals surface area contributed by atoms with Crippen molar-refractivity contribution < 1.29 is 28.6 Å². The fourth-order valence-electron chi connectivity index (χ4n) is 4.21. The van der Waals surface area contributed by atoms with Gasteiger partial charge in [0.05, 0.1) is 27.0 Å². The summed E-state index contributed by atoms with van der Waals surface area (Å²) >= 11 is 0. The number of likely N-dealkylation sites (N-methyl/N-ethyl adjacent to an activating group) is 1. The first-order chi connectivity index (χ1) is 15.2. The summed E-state index contributed by atoms with van der Waals surface area (Å²) in [6.45, 7) is 3.34. The number of allylic oxidation sites excluding steroid dienone is 2. The van der Waals surface area contributed by atoms with E-state index in [2.05, 4.69) is 4.74 Å². The molecule has 3 heterocycles. The van der Waals surface area contributed by atoms with Crippen LogP contribution in [0.2, 0.25) is 0 Å². The van der Waals surface area contributed by atoms with Crippen LogP contribution in [-0.4, -0.2) is 85.7 Å². The summed E-state index contributed by atoms with van der Waals surface area (Å²) in [5, 5.41) is 0. The van der Waals surface area contributed by atoms with Crippen LogP contribution in [0.1, 0.15) is 13.8 Å². The second-order valence-corrected chi connectivity index (χ2v) is 7.60. The highest BCUT2D eigenvalue weighted by atomic mass is 16.5. The number of anilines is 1. The summed E-state index contributed by atoms with van der Waals surface area (Å²) in [6.07, 6.45) is -0.735. The minimum absolute atomic E-state index is 0.458. The van der Waals surface area contributed by atoms with Crippen molar-refractivity contribution in [3.63, 3.8) is 0 Å². The zero-order valence-electron chi connectivity index (χ0n) is 18.8. The Labute approximate surface area is 185 Å². The summed E-state index contributed by atoms with van der Waals surface area (Å²) in [5.74, 6) is 0.544. The number of urea groups is 1. The number of fused-ring (bicyclic) bond motifs is 3. The van der Waals surface area contributed by atoms with Gasteiger partial charge in [0.15, 0.2) is 12.2 Å². The average Bonchev–Trinajstić information content (AvgIpc) is 3.29. The van der Waals surface area contributed by atoms with Crippen LogP contribution in [-0.2, 0) is 14.3 Å². The molecular formula is C21H25N5O6. The largest absolute Gasteiger partial charge is 0.497 e. The summed E-state index contributed by atoms with van der Waals surface area (Å²) in [4.78, 5) is 48.7. The van der Waals surface area contributed by atoms with Gasteiger partial charge in [0, 0.05) is 24.5 Å². The first-order valence-corrected chi connectivity index (χ1v) is 9.96. The van der Waals surface area contributed by atoms with E-state index in [0.717, 1.165) is 16.3 Å². The van der Waals surface area contributed by atoms with Crippen LogP contribution in [0.4, 0.5) is 10.5 Å². The summed E-state index contributed by atoms with van der Waals surface area (Å²) < 4.78 is 15.6. The first kappa shape index (κ1) is 21.5. The molecule has 0 spiro atoms. The van der Waals surface area contributed by atoms with Crippen molar-refractivity contribution in [2.45, 2.75) is 26.1 Å². The lowest BCUT2D eigenvalue weighted by Gasteiger charge is -2.40. The third kappa shape index (κ3) is 2.95. The number of benzene rings is 1. The Kier molecular flexibility index (Phi) is 5.19. The lowest BCUT2D eigenvalue weighted by Crippen LogP contribution is -2.65. The number of carbonyl (C=O) groups is 3. The molecule has 4 rings (SSSR count). The lowest BCUT2D eigenvalue weighted by atomic mass is 10.1. The molecule has 0 aliphatic carbocycles. The highest BCUT2D eigenvalue weighted by Crippen LogP contribution is 2.43. The molecule has 11 heteroatoms. The zero-order valence-corrected chi connectivity index (χ0v) is 18.8. The number of hydrogen-bond donors (Lipinski definition) is 0. The van der Waals surface area contributed by atoms with Gasteiger partial charge < -0.3 is 19.1 Å². The Morgan fingerprint density at radius 2 is 1.81 bits per heavy atom. The van der Waals surface area contributed by atoms with Gasteiger partial charge in [-0.15, -0.1) is 0 Å². The topological polar surface area (TPSA) is 104 Å². The highest BCUT2D eigenvalue weighted by Gasteiger charge is 2.56. The Bertz CT molecular complexity index is 1070. The number of aliphatic imine (C=N–C) groups is 1. The van der Waals surface area contributed by atoms with Gasteiger partial charge in [-0.2, -0.15) is 0 Å². The molecular weight excluding hydrogens is 418 g/mol. The molecule has 1 aromatic rings. The number of rotatable bonds is 5. The van der Waals surface area contributed by atoms with Crippen molar-refractivity contribution in [1.29, 1.82) is 0 Å². The van der Waals surface area contributed by atoms with E-state index in [9.17, 15) is 14.4 Å². The van der Waals surface area contributed by atoms with Crippen LogP contribution in [0.5, 0.6) is 11.5 Å². The van der Waals surface area contributed by atoms with E-state index in [-0.39, 0.29) is 0 Å². The van der Waals surface area contributed by atoms with Crippen LogP contribution in [0, 0.1) is 0 Å². The fraction of sp³-hybridized carbons (Fsp3) is 0.429. The van der Waals surface area contributed by atoms with Gasteiger partial charge in [-0.1, -0.05) is 0 Å². The molecule has 1 saturated heterocycles. The van der Waals surface area contributed by atoms with Crippen molar-refractivity contribution >= 4 is 29.6 Å². The smallest absolute Gasteiger partial charge is 0.328 e. The molecule has 0 radical (unpaired) electrons. The van der Waals surface area contributed by atoms with Crippen LogP contribution in [0.3, 0.4) is 0 Å². The van der Waals surface area contributed by atoms with Crippen molar-refractivity contribution in [3.8, 4) is 11.5 Å². The number of methoxy groups -OCH3 is 3. The second kappa shape index (κ2) is 7.74. The minimum atomic E-state index is -0.797. The van der Waals surface area contributed by atoms with Gasteiger partial charge in [0.2, 0.25) is 5.96 Å². The monoisotopic (exact) mass is 443 g/mol. The van der Waals surface area contributed by atoms with E-state index < -0.39 is 36.7 Å². The van der Waals surface area contributed by atoms with Crippen LogP contribution in [0.15, 0.2) is 34.6 Å². The quantitative estimate of drug-likeness (QED) is 0.626. The molecule has 11 nitrogen and oxygen atoms in total. The summed E-state index contributed by atoms with van der Waals surface area (Å²) in [5.41, 5.74) is 2.34. The number of amides is 3. The predicted molar refractivity (Wildman–Crippen MR) is 114 cm³/mol. The highest BCUT2D eigenvalue weighted by molar-refractivity contribution is 6.11. The van der Waals surface area contributed by atoms with Crippen LogP contribution < -0.4 is 14.4 Å². The maximum atomic E-state index is 13.3. The fourth-order valence-corrected chi connectivity index (χ4v) is 4.21. The molecule has 1 fully saturated rings. The third-order valence-electron chi connectivity index (χ3n) is 6.03. The Morgan fingerprint density at radius 1 is 1.09 bits per heavy atom. The molecule has 2 unspecified atom stereocenters. The predicted octanol–water partition coefficient (Wildman–Crippen LogP) is 1.21. The van der Waals surface area contributed by atoms with Gasteiger partial charge in [0.25, 0.3) is 5.91 Å². The number of carbonyl (C=O) groups excluding carboxylic acids is 3. The molecule has 0 aromatic heterocycles. The van der Waals surface area contributed by atoms with Crippen LogP contribution >= 0.6 is 0 Å². The Morgan fingerprint density at radius 3 is 2.44 bits per heavy atom. The normalized spacial score (nSPS) is 22.2. The SMILES string of the molecule is COC(=O)CN1C(=O)C2C(N=C3N(c4cc(OC)ccc4OC)C(C)=C(C)N32)N(C)C1=O. The Hall–Kier alpha value is -3.76.